The summed E-state index contributed by atoms with van der Waals surface area (Å²) in [5.41, 5.74) is 0. The van der Waals surface area contributed by atoms with Gasteiger partial charge in [-0.3, -0.25) is 4.90 Å². The summed E-state index contributed by atoms with van der Waals surface area (Å²) < 4.78 is 9.31. The Morgan fingerprint density at radius 1 is 1.53 bits per heavy atom. The van der Waals surface area contributed by atoms with E-state index in [0.717, 1.165) is 0 Å². The molecule has 0 aromatic heterocycles. The van der Waals surface area contributed by atoms with Crippen molar-refractivity contribution >= 4 is 12.1 Å². The first kappa shape index (κ1) is 11.8. The van der Waals surface area contributed by atoms with Crippen molar-refractivity contribution in [3.05, 3.63) is 0 Å². The topological polar surface area (TPSA) is 76.1 Å². The lowest BCUT2D eigenvalue weighted by molar-refractivity contribution is -0.145. The van der Waals surface area contributed by atoms with E-state index in [2.05, 4.69) is 4.74 Å². The summed E-state index contributed by atoms with van der Waals surface area (Å²) in [6.45, 7) is 2.02. The molecule has 86 valence electrons. The van der Waals surface area contributed by atoms with Gasteiger partial charge in [0, 0.05) is 6.42 Å². The maximum absolute atomic E-state index is 11.4. The fraction of sp³-hybridized carbons (Fsp3) is 0.778. The van der Waals surface area contributed by atoms with Gasteiger partial charge in [0.05, 0.1) is 26.4 Å². The van der Waals surface area contributed by atoms with Crippen molar-refractivity contribution in [2.24, 2.45) is 0 Å². The zero-order valence-corrected chi connectivity index (χ0v) is 8.80. The van der Waals surface area contributed by atoms with Crippen LogP contribution in [0.4, 0.5) is 4.79 Å². The first-order valence-electron chi connectivity index (χ1n) is 4.79. The Labute approximate surface area is 87.8 Å². The second-order valence-electron chi connectivity index (χ2n) is 3.28. The monoisotopic (exact) mass is 217 g/mol. The highest BCUT2D eigenvalue weighted by atomic mass is 16.6. The minimum atomic E-state index is -0.732. The molecule has 1 saturated heterocycles. The number of ether oxygens (including phenoxy) is 2. The molecule has 1 heterocycles. The predicted octanol–water partition coefficient (Wildman–Crippen LogP) is -0.249. The van der Waals surface area contributed by atoms with E-state index in [1.165, 1.54) is 12.0 Å². The number of aliphatic hydroxyl groups excluding tert-OH is 1. The largest absolute Gasteiger partial charge is 0.467 e. The number of carbonyl (C=O) groups excluding carboxylic acids is 2. The van der Waals surface area contributed by atoms with Gasteiger partial charge in [0.15, 0.2) is 0 Å². The summed E-state index contributed by atoms with van der Waals surface area (Å²) in [6.07, 6.45) is -1.09. The Kier molecular flexibility index (Phi) is 3.90. The van der Waals surface area contributed by atoms with Crippen LogP contribution in [0, 0.1) is 0 Å². The number of β-amino-alcohol motifs (C(OH)–C–C–N with tert-alkyl or cyclic N) is 1. The molecule has 6 nitrogen and oxygen atoms in total. The molecular weight excluding hydrogens is 202 g/mol. The van der Waals surface area contributed by atoms with Gasteiger partial charge in [-0.1, -0.05) is 0 Å². The third-order valence-electron chi connectivity index (χ3n) is 2.25. The first-order chi connectivity index (χ1) is 7.10. The Bertz CT molecular complexity index is 255. The molecule has 0 aliphatic carbocycles. The lowest BCUT2D eigenvalue weighted by Crippen LogP contribution is -2.41. The Hall–Kier alpha value is -1.30. The molecule has 1 amide bonds. The molecule has 0 spiro atoms. The molecule has 15 heavy (non-hydrogen) atoms. The van der Waals surface area contributed by atoms with E-state index in [4.69, 9.17) is 4.74 Å². The molecule has 2 atom stereocenters. The van der Waals surface area contributed by atoms with Gasteiger partial charge in [-0.25, -0.2) is 9.59 Å². The van der Waals surface area contributed by atoms with Crippen LogP contribution in [-0.2, 0) is 14.3 Å². The molecular formula is C9H15NO5. The average molecular weight is 217 g/mol. The molecule has 0 bridgehead atoms. The molecule has 1 unspecified atom stereocenters. The Morgan fingerprint density at radius 3 is 2.73 bits per heavy atom. The molecule has 0 radical (unpaired) electrons. The standard InChI is InChI=1S/C9H15NO5/c1-3-15-9(13)10-5-6(11)4-7(10)8(12)14-2/h6-7,11H,3-5H2,1-2H3/t6?,7-/m0/s1. The van der Waals surface area contributed by atoms with Crippen LogP contribution >= 0.6 is 0 Å². The van der Waals surface area contributed by atoms with Crippen LogP contribution in [0.25, 0.3) is 0 Å². The summed E-state index contributed by atoms with van der Waals surface area (Å²) in [4.78, 5) is 23.9. The molecule has 0 saturated carbocycles. The van der Waals surface area contributed by atoms with E-state index >= 15 is 0 Å². The van der Waals surface area contributed by atoms with Gasteiger partial charge in [0.1, 0.15) is 6.04 Å². The van der Waals surface area contributed by atoms with Crippen LogP contribution < -0.4 is 0 Å². The number of methoxy groups -OCH3 is 1. The van der Waals surface area contributed by atoms with Gasteiger partial charge in [-0.05, 0) is 6.92 Å². The second-order valence-corrected chi connectivity index (χ2v) is 3.28. The zero-order valence-electron chi connectivity index (χ0n) is 8.80. The van der Waals surface area contributed by atoms with E-state index < -0.39 is 24.2 Å². The summed E-state index contributed by atoms with van der Waals surface area (Å²) in [6, 6.07) is -0.732. The van der Waals surface area contributed by atoms with E-state index in [0.29, 0.717) is 0 Å². The molecule has 6 heteroatoms. The number of rotatable bonds is 2. The molecule has 1 aliphatic rings. The van der Waals surface area contributed by atoms with Crippen molar-refractivity contribution in [1.29, 1.82) is 0 Å². The highest BCUT2D eigenvalue weighted by Gasteiger charge is 2.40. The summed E-state index contributed by atoms with van der Waals surface area (Å²) in [7, 11) is 1.25. The maximum Gasteiger partial charge on any atom is 0.410 e. The van der Waals surface area contributed by atoms with E-state index in [1.807, 2.05) is 0 Å². The number of amides is 1. The van der Waals surface area contributed by atoms with Crippen LogP contribution in [0.1, 0.15) is 13.3 Å². The number of hydrogen-bond acceptors (Lipinski definition) is 5. The molecule has 1 N–H and O–H groups in total. The third kappa shape index (κ3) is 2.59. The van der Waals surface area contributed by atoms with Crippen molar-refractivity contribution < 1.29 is 24.2 Å². The molecule has 0 aromatic rings. The third-order valence-corrected chi connectivity index (χ3v) is 2.25. The van der Waals surface area contributed by atoms with Crippen molar-refractivity contribution in [3.63, 3.8) is 0 Å². The number of carbonyl (C=O) groups is 2. The number of aliphatic hydroxyl groups is 1. The lowest BCUT2D eigenvalue weighted by Gasteiger charge is -2.21. The van der Waals surface area contributed by atoms with E-state index in [1.54, 1.807) is 6.92 Å². The Morgan fingerprint density at radius 2 is 2.20 bits per heavy atom. The Balaban J connectivity index is 2.68. The van der Waals surface area contributed by atoms with Crippen LogP contribution in [0.3, 0.4) is 0 Å². The highest BCUT2D eigenvalue weighted by molar-refractivity contribution is 5.82. The van der Waals surface area contributed by atoms with Crippen molar-refractivity contribution in [3.8, 4) is 0 Å². The van der Waals surface area contributed by atoms with E-state index in [-0.39, 0.29) is 19.6 Å². The number of likely N-dealkylation sites (tertiary alicyclic amines) is 1. The van der Waals surface area contributed by atoms with Crippen LogP contribution in [-0.4, -0.2) is 54.5 Å². The van der Waals surface area contributed by atoms with Gasteiger partial charge in [0.2, 0.25) is 0 Å². The number of nitrogens with zero attached hydrogens (tertiary/aromatic N) is 1. The second kappa shape index (κ2) is 4.97. The predicted molar refractivity (Wildman–Crippen MR) is 50.2 cm³/mol. The fourth-order valence-corrected chi connectivity index (χ4v) is 1.58. The van der Waals surface area contributed by atoms with Crippen molar-refractivity contribution in [1.82, 2.24) is 4.90 Å². The first-order valence-corrected chi connectivity index (χ1v) is 4.79. The zero-order chi connectivity index (χ0) is 11.4. The molecule has 1 aliphatic heterocycles. The SMILES string of the molecule is CCOC(=O)N1CC(O)C[C@H]1C(=O)OC. The van der Waals surface area contributed by atoms with Crippen LogP contribution in [0.15, 0.2) is 0 Å². The van der Waals surface area contributed by atoms with Crippen LogP contribution in [0.5, 0.6) is 0 Å². The van der Waals surface area contributed by atoms with Crippen molar-refractivity contribution in [2.45, 2.75) is 25.5 Å². The van der Waals surface area contributed by atoms with Gasteiger partial charge >= 0.3 is 12.1 Å². The summed E-state index contributed by atoms with van der Waals surface area (Å²) in [5, 5.41) is 9.37. The highest BCUT2D eigenvalue weighted by Crippen LogP contribution is 2.19. The van der Waals surface area contributed by atoms with Gasteiger partial charge in [-0.15, -0.1) is 0 Å². The minimum Gasteiger partial charge on any atom is -0.467 e. The lowest BCUT2D eigenvalue weighted by atomic mass is 10.2. The number of esters is 1. The van der Waals surface area contributed by atoms with Crippen LogP contribution in [0.2, 0.25) is 0 Å². The van der Waals surface area contributed by atoms with E-state index in [9.17, 15) is 14.7 Å². The number of hydrogen-bond donors (Lipinski definition) is 1. The minimum absolute atomic E-state index is 0.110. The molecule has 1 rings (SSSR count). The maximum atomic E-state index is 11.4. The summed E-state index contributed by atoms with van der Waals surface area (Å²) in [5.74, 6) is -0.528. The summed E-state index contributed by atoms with van der Waals surface area (Å²) >= 11 is 0. The van der Waals surface area contributed by atoms with Gasteiger partial charge in [-0.2, -0.15) is 0 Å². The molecule has 0 aromatic carbocycles. The quantitative estimate of drug-likeness (QED) is 0.645. The van der Waals surface area contributed by atoms with Gasteiger partial charge < -0.3 is 14.6 Å². The molecule has 1 fully saturated rings. The fourth-order valence-electron chi connectivity index (χ4n) is 1.58. The smallest absolute Gasteiger partial charge is 0.410 e. The normalized spacial score (nSPS) is 25.1. The van der Waals surface area contributed by atoms with Crippen molar-refractivity contribution in [2.75, 3.05) is 20.3 Å². The van der Waals surface area contributed by atoms with Gasteiger partial charge in [0.25, 0.3) is 0 Å². The average Bonchev–Trinajstić information content (AvgIpc) is 2.59.